The van der Waals surface area contributed by atoms with Gasteiger partial charge in [0.25, 0.3) is 0 Å². The van der Waals surface area contributed by atoms with Gasteiger partial charge in [0.15, 0.2) is 31.3 Å². The maximum absolute atomic E-state index is 11.1. The largest absolute Gasteiger partial charge is 0.481 e. The molecule has 0 rings (SSSR count). The van der Waals surface area contributed by atoms with Crippen LogP contribution in [-0.2, 0) is 30.5 Å². The van der Waals surface area contributed by atoms with E-state index < -0.39 is 49.6 Å². The Labute approximate surface area is 87.1 Å². The molecule has 0 radical (unpaired) electrons. The van der Waals surface area contributed by atoms with Crippen molar-refractivity contribution in [1.82, 2.24) is 0 Å². The van der Waals surface area contributed by atoms with E-state index >= 15 is 0 Å². The first-order chi connectivity index (χ1) is 6.66. The summed E-state index contributed by atoms with van der Waals surface area (Å²) >= 11 is -2.73. The van der Waals surface area contributed by atoms with Gasteiger partial charge >= 0.3 is 11.9 Å². The van der Waals surface area contributed by atoms with Gasteiger partial charge in [-0.2, -0.15) is 0 Å². The van der Waals surface area contributed by atoms with Crippen molar-refractivity contribution < 1.29 is 37.0 Å². The fraction of sp³-hybridized carbons (Fsp3) is 0.600. The van der Waals surface area contributed by atoms with Gasteiger partial charge < -0.3 is 14.8 Å². The van der Waals surface area contributed by atoms with Crippen LogP contribution in [-0.4, -0.2) is 49.7 Å². The summed E-state index contributed by atoms with van der Waals surface area (Å²) < 4.78 is 40.8. The molecule has 0 spiro atoms. The summed E-state index contributed by atoms with van der Waals surface area (Å²) in [6.45, 7) is 0. The van der Waals surface area contributed by atoms with E-state index in [9.17, 15) is 22.2 Å². The van der Waals surface area contributed by atoms with Crippen LogP contribution in [0.3, 0.4) is 0 Å². The fourth-order valence-corrected chi connectivity index (χ4v) is 3.23. The quantitative estimate of drug-likeness (QED) is 0.489. The Kier molecular flexibility index (Phi) is 4.84. The van der Waals surface area contributed by atoms with Crippen LogP contribution < -0.4 is 0 Å². The molecule has 0 aliphatic rings. The fourth-order valence-electron chi connectivity index (χ4n) is 0.749. The third-order valence-electron chi connectivity index (χ3n) is 1.33. The Bertz CT molecular complexity index is 382. The summed E-state index contributed by atoms with van der Waals surface area (Å²) in [4.78, 5) is 20.6. The van der Waals surface area contributed by atoms with Gasteiger partial charge in [0.1, 0.15) is 0 Å². The molecule has 0 fully saturated rings. The van der Waals surface area contributed by atoms with Crippen molar-refractivity contribution in [1.29, 1.82) is 0 Å². The maximum Gasteiger partial charge on any atom is 0.322 e. The molecule has 8 nitrogen and oxygen atoms in total. The highest BCUT2D eigenvalue weighted by Crippen LogP contribution is 2.09. The minimum atomic E-state index is -4.45. The summed E-state index contributed by atoms with van der Waals surface area (Å²) in [5.41, 5.74) is 0. The molecule has 88 valence electrons. The van der Waals surface area contributed by atoms with Crippen molar-refractivity contribution in [3.63, 3.8) is 0 Å². The van der Waals surface area contributed by atoms with Crippen LogP contribution in [0.5, 0.6) is 0 Å². The standard InChI is InChI=1S/C5H8O8S2/c6-4(7)1-3(5(8)9)15(12,13)2-14(10)11/h3H,1-2H2,(H,6,7)(H,8,9)(H,10,11). The van der Waals surface area contributed by atoms with Gasteiger partial charge in [-0.05, 0) is 0 Å². The average Bonchev–Trinajstić information content (AvgIpc) is 1.96. The third kappa shape index (κ3) is 4.85. The van der Waals surface area contributed by atoms with E-state index in [-0.39, 0.29) is 0 Å². The van der Waals surface area contributed by atoms with E-state index in [4.69, 9.17) is 14.8 Å². The monoisotopic (exact) mass is 260 g/mol. The number of aliphatic carboxylic acids is 2. The molecule has 2 atom stereocenters. The number of carboxylic acids is 2. The predicted molar refractivity (Wildman–Crippen MR) is 48.2 cm³/mol. The molecule has 3 N–H and O–H groups in total. The molecule has 0 heterocycles. The lowest BCUT2D eigenvalue weighted by Gasteiger charge is -2.09. The minimum absolute atomic E-state index is 1.14. The normalized spacial score (nSPS) is 15.5. The molecule has 0 aliphatic carbocycles. The van der Waals surface area contributed by atoms with E-state index in [1.165, 1.54) is 0 Å². The Hall–Kier alpha value is -1.00. The lowest BCUT2D eigenvalue weighted by Crippen LogP contribution is -2.35. The highest BCUT2D eigenvalue weighted by atomic mass is 32.3. The first kappa shape index (κ1) is 14.0. The second-order valence-corrected chi connectivity index (χ2v) is 6.01. The third-order valence-corrected chi connectivity index (χ3v) is 4.69. The van der Waals surface area contributed by atoms with Crippen LogP contribution in [0.4, 0.5) is 0 Å². The molecule has 15 heavy (non-hydrogen) atoms. The molecule has 10 heteroatoms. The van der Waals surface area contributed by atoms with Crippen LogP contribution in [0.1, 0.15) is 6.42 Å². The summed E-state index contributed by atoms with van der Waals surface area (Å²) in [5, 5.41) is 13.2. The van der Waals surface area contributed by atoms with Crippen molar-refractivity contribution in [3.05, 3.63) is 0 Å². The van der Waals surface area contributed by atoms with E-state index in [1.807, 2.05) is 0 Å². The second-order valence-electron chi connectivity index (χ2n) is 2.53. The Balaban J connectivity index is 4.99. The number of hydrogen-bond donors (Lipinski definition) is 3. The first-order valence-electron chi connectivity index (χ1n) is 3.40. The summed E-state index contributed by atoms with van der Waals surface area (Å²) in [6, 6.07) is 0. The molecule has 0 saturated heterocycles. The molecule has 0 amide bonds. The Morgan fingerprint density at radius 2 is 1.73 bits per heavy atom. The van der Waals surface area contributed by atoms with Crippen LogP contribution in [0, 0.1) is 0 Å². The van der Waals surface area contributed by atoms with Crippen molar-refractivity contribution in [3.8, 4) is 0 Å². The zero-order valence-electron chi connectivity index (χ0n) is 7.19. The van der Waals surface area contributed by atoms with Crippen LogP contribution >= 0.6 is 0 Å². The molecular formula is C5H8O8S2. The maximum atomic E-state index is 11.1. The van der Waals surface area contributed by atoms with Gasteiger partial charge in [0, 0.05) is 0 Å². The van der Waals surface area contributed by atoms with Crippen molar-refractivity contribution in [2.24, 2.45) is 0 Å². The van der Waals surface area contributed by atoms with Crippen LogP contribution in [0.25, 0.3) is 0 Å². The lowest BCUT2D eigenvalue weighted by atomic mass is 10.3. The molecule has 0 saturated carbocycles. The van der Waals surface area contributed by atoms with Crippen LogP contribution in [0.15, 0.2) is 0 Å². The highest BCUT2D eigenvalue weighted by molar-refractivity contribution is 8.04. The molecular weight excluding hydrogens is 252 g/mol. The van der Waals surface area contributed by atoms with Gasteiger partial charge in [0.2, 0.25) is 0 Å². The van der Waals surface area contributed by atoms with E-state index in [1.54, 1.807) is 0 Å². The summed E-state index contributed by atoms with van der Waals surface area (Å²) in [7, 11) is -4.45. The molecule has 0 aromatic rings. The molecule has 2 unspecified atom stereocenters. The number of carboxylic acid groups (broad SMARTS) is 2. The van der Waals surface area contributed by atoms with Gasteiger partial charge in [-0.15, -0.1) is 0 Å². The van der Waals surface area contributed by atoms with Gasteiger partial charge in [-0.3, -0.25) is 9.59 Å². The SMILES string of the molecule is O=C(O)CC(C(=O)O)S(=O)(=O)CS(=O)O. The summed E-state index contributed by atoms with van der Waals surface area (Å²) in [5.74, 6) is -3.47. The zero-order valence-corrected chi connectivity index (χ0v) is 8.82. The smallest absolute Gasteiger partial charge is 0.322 e. The predicted octanol–water partition coefficient (Wildman–Crippen LogP) is -1.49. The second kappa shape index (κ2) is 5.19. The Morgan fingerprint density at radius 3 is 2.00 bits per heavy atom. The van der Waals surface area contributed by atoms with E-state index in [0.717, 1.165) is 0 Å². The first-order valence-corrected chi connectivity index (χ1v) is 6.39. The Morgan fingerprint density at radius 1 is 1.27 bits per heavy atom. The van der Waals surface area contributed by atoms with Gasteiger partial charge in [0.05, 0.1) is 6.42 Å². The van der Waals surface area contributed by atoms with Crippen molar-refractivity contribution in [2.45, 2.75) is 11.7 Å². The molecule has 0 aromatic heterocycles. The van der Waals surface area contributed by atoms with E-state index in [2.05, 4.69) is 0 Å². The van der Waals surface area contributed by atoms with Crippen LogP contribution in [0.2, 0.25) is 0 Å². The zero-order chi connectivity index (χ0) is 12.2. The highest BCUT2D eigenvalue weighted by Gasteiger charge is 2.35. The molecule has 0 bridgehead atoms. The lowest BCUT2D eigenvalue weighted by molar-refractivity contribution is -0.143. The number of sulfone groups is 1. The number of hydrogen-bond acceptors (Lipinski definition) is 5. The van der Waals surface area contributed by atoms with E-state index in [0.29, 0.717) is 0 Å². The van der Waals surface area contributed by atoms with Gasteiger partial charge in [-0.25, -0.2) is 12.6 Å². The van der Waals surface area contributed by atoms with Crippen molar-refractivity contribution in [2.75, 3.05) is 5.08 Å². The number of rotatable bonds is 6. The minimum Gasteiger partial charge on any atom is -0.481 e. The average molecular weight is 260 g/mol. The summed E-state index contributed by atoms with van der Waals surface area (Å²) in [6.07, 6.45) is -1.14. The van der Waals surface area contributed by atoms with Gasteiger partial charge in [-0.1, -0.05) is 0 Å². The van der Waals surface area contributed by atoms with Crippen molar-refractivity contribution >= 4 is 32.9 Å². The topological polar surface area (TPSA) is 146 Å². The molecule has 0 aliphatic heterocycles. The molecule has 0 aromatic carbocycles. The number of carbonyl (C=O) groups is 2.